The molecule has 0 aliphatic carbocycles. The molecular weight excluding hydrogens is 242 g/mol. The number of aromatic nitrogens is 2. The molecule has 19 heavy (non-hydrogen) atoms. The molecule has 0 radical (unpaired) electrons. The Bertz CT molecular complexity index is 408. The number of hydrogen-bond donors (Lipinski definition) is 3. The van der Waals surface area contributed by atoms with Crippen molar-refractivity contribution in [2.75, 3.05) is 23.7 Å². The Morgan fingerprint density at radius 3 is 2.42 bits per heavy atom. The number of nitrogens with one attached hydrogen (secondary N) is 2. The van der Waals surface area contributed by atoms with Gasteiger partial charge in [0.2, 0.25) is 5.91 Å². The molecule has 0 unspecified atom stereocenters. The van der Waals surface area contributed by atoms with Gasteiger partial charge in [-0.25, -0.2) is 9.97 Å². The second-order valence-corrected chi connectivity index (χ2v) is 4.46. The van der Waals surface area contributed by atoms with E-state index in [0.29, 0.717) is 6.42 Å². The van der Waals surface area contributed by atoms with Gasteiger partial charge in [-0.3, -0.25) is 4.79 Å². The number of primary amides is 1. The number of carbonyl (C=O) groups excluding carboxylic acids is 1. The van der Waals surface area contributed by atoms with E-state index in [9.17, 15) is 4.79 Å². The van der Waals surface area contributed by atoms with Crippen molar-refractivity contribution in [1.82, 2.24) is 9.97 Å². The fourth-order valence-corrected chi connectivity index (χ4v) is 1.64. The van der Waals surface area contributed by atoms with E-state index in [-0.39, 0.29) is 5.91 Å². The number of nitrogens with zero attached hydrogens (tertiary/aromatic N) is 2. The molecule has 0 saturated carbocycles. The van der Waals surface area contributed by atoms with Crippen molar-refractivity contribution in [3.63, 3.8) is 0 Å². The van der Waals surface area contributed by atoms with E-state index in [4.69, 9.17) is 5.73 Å². The highest BCUT2D eigenvalue weighted by molar-refractivity contribution is 5.73. The van der Waals surface area contributed by atoms with E-state index in [0.717, 1.165) is 49.8 Å². The Morgan fingerprint density at radius 2 is 1.84 bits per heavy atom. The predicted octanol–water partition coefficient (Wildman–Crippen LogP) is 1.67. The van der Waals surface area contributed by atoms with Crippen molar-refractivity contribution in [1.29, 1.82) is 0 Å². The van der Waals surface area contributed by atoms with Crippen LogP contribution in [-0.2, 0) is 4.79 Å². The Balaban J connectivity index is 2.40. The number of amides is 1. The lowest BCUT2D eigenvalue weighted by Crippen LogP contribution is -2.11. The zero-order chi connectivity index (χ0) is 14.1. The average Bonchev–Trinajstić information content (AvgIpc) is 2.35. The molecule has 1 heterocycles. The molecule has 0 saturated heterocycles. The van der Waals surface area contributed by atoms with E-state index < -0.39 is 0 Å². The first-order valence-corrected chi connectivity index (χ1v) is 6.73. The molecule has 0 atom stereocenters. The zero-order valence-electron chi connectivity index (χ0n) is 11.7. The standard InChI is InChI=1S/C13H23N5O/c1-3-7-15-12-9-13(18-10(2)17-12)16-8-5-4-6-11(14)19/h9H,3-8H2,1-2H3,(H2,14,19)(H2,15,16,17,18). The topological polar surface area (TPSA) is 92.9 Å². The quantitative estimate of drug-likeness (QED) is 0.591. The molecule has 4 N–H and O–H groups in total. The molecule has 0 aliphatic rings. The number of rotatable bonds is 9. The van der Waals surface area contributed by atoms with Gasteiger partial charge in [-0.2, -0.15) is 0 Å². The van der Waals surface area contributed by atoms with Crippen LogP contribution in [0.3, 0.4) is 0 Å². The summed E-state index contributed by atoms with van der Waals surface area (Å²) in [6, 6.07) is 1.90. The number of aryl methyl sites for hydroxylation is 1. The summed E-state index contributed by atoms with van der Waals surface area (Å²) in [7, 11) is 0. The van der Waals surface area contributed by atoms with E-state index in [1.165, 1.54) is 0 Å². The Morgan fingerprint density at radius 1 is 1.21 bits per heavy atom. The monoisotopic (exact) mass is 265 g/mol. The van der Waals surface area contributed by atoms with Crippen LogP contribution in [0.15, 0.2) is 6.07 Å². The predicted molar refractivity (Wildman–Crippen MR) is 77.1 cm³/mol. The summed E-state index contributed by atoms with van der Waals surface area (Å²) < 4.78 is 0. The van der Waals surface area contributed by atoms with E-state index in [1.54, 1.807) is 0 Å². The van der Waals surface area contributed by atoms with Crippen LogP contribution in [0.2, 0.25) is 0 Å². The fraction of sp³-hybridized carbons (Fsp3) is 0.615. The third-order valence-corrected chi connectivity index (χ3v) is 2.55. The van der Waals surface area contributed by atoms with E-state index in [1.807, 2.05) is 13.0 Å². The second kappa shape index (κ2) is 8.29. The van der Waals surface area contributed by atoms with Crippen molar-refractivity contribution in [3.05, 3.63) is 11.9 Å². The summed E-state index contributed by atoms with van der Waals surface area (Å²) in [5.41, 5.74) is 5.08. The maximum Gasteiger partial charge on any atom is 0.217 e. The maximum atomic E-state index is 10.6. The number of carbonyl (C=O) groups is 1. The molecule has 0 fully saturated rings. The fourth-order valence-electron chi connectivity index (χ4n) is 1.64. The van der Waals surface area contributed by atoms with Gasteiger partial charge in [0.05, 0.1) is 0 Å². The summed E-state index contributed by atoms with van der Waals surface area (Å²) >= 11 is 0. The zero-order valence-corrected chi connectivity index (χ0v) is 11.7. The smallest absolute Gasteiger partial charge is 0.217 e. The van der Waals surface area contributed by atoms with Crippen LogP contribution in [0, 0.1) is 6.92 Å². The number of hydrogen-bond acceptors (Lipinski definition) is 5. The second-order valence-electron chi connectivity index (χ2n) is 4.46. The summed E-state index contributed by atoms with van der Waals surface area (Å²) in [5.74, 6) is 2.14. The minimum atomic E-state index is -0.246. The summed E-state index contributed by atoms with van der Waals surface area (Å²) in [6.45, 7) is 5.65. The van der Waals surface area contributed by atoms with Crippen molar-refractivity contribution >= 4 is 17.5 Å². The summed E-state index contributed by atoms with van der Waals surface area (Å²) in [4.78, 5) is 19.2. The van der Waals surface area contributed by atoms with Gasteiger partial charge >= 0.3 is 0 Å². The number of anilines is 2. The van der Waals surface area contributed by atoms with Crippen LogP contribution in [0.5, 0.6) is 0 Å². The third-order valence-electron chi connectivity index (χ3n) is 2.55. The maximum absolute atomic E-state index is 10.6. The van der Waals surface area contributed by atoms with Gasteiger partial charge in [-0.15, -0.1) is 0 Å². The molecule has 0 aromatic carbocycles. The third kappa shape index (κ3) is 6.59. The van der Waals surface area contributed by atoms with E-state index >= 15 is 0 Å². The highest BCUT2D eigenvalue weighted by Crippen LogP contribution is 2.11. The summed E-state index contributed by atoms with van der Waals surface area (Å²) in [6.07, 6.45) is 3.18. The van der Waals surface area contributed by atoms with Gasteiger partial charge in [0.25, 0.3) is 0 Å². The van der Waals surface area contributed by atoms with Gasteiger partial charge in [-0.05, 0) is 26.2 Å². The van der Waals surface area contributed by atoms with Crippen molar-refractivity contribution in [2.45, 2.75) is 39.5 Å². The molecule has 0 bridgehead atoms. The van der Waals surface area contributed by atoms with Crippen LogP contribution in [0.4, 0.5) is 11.6 Å². The van der Waals surface area contributed by atoms with Crippen LogP contribution in [0.25, 0.3) is 0 Å². The molecule has 1 rings (SSSR count). The molecule has 6 heteroatoms. The largest absolute Gasteiger partial charge is 0.370 e. The molecule has 1 aromatic heterocycles. The van der Waals surface area contributed by atoms with Crippen LogP contribution < -0.4 is 16.4 Å². The highest BCUT2D eigenvalue weighted by atomic mass is 16.1. The molecule has 106 valence electrons. The van der Waals surface area contributed by atoms with Gasteiger partial charge in [0.1, 0.15) is 17.5 Å². The number of nitrogens with two attached hydrogens (primary N) is 1. The Hall–Kier alpha value is -1.85. The van der Waals surface area contributed by atoms with Gasteiger partial charge in [0, 0.05) is 25.6 Å². The molecule has 1 amide bonds. The van der Waals surface area contributed by atoms with Crippen LogP contribution >= 0.6 is 0 Å². The minimum absolute atomic E-state index is 0.246. The van der Waals surface area contributed by atoms with E-state index in [2.05, 4.69) is 27.5 Å². The van der Waals surface area contributed by atoms with Crippen LogP contribution in [-0.4, -0.2) is 29.0 Å². The minimum Gasteiger partial charge on any atom is -0.370 e. The first-order valence-electron chi connectivity index (χ1n) is 6.73. The van der Waals surface area contributed by atoms with Gasteiger partial charge < -0.3 is 16.4 Å². The lowest BCUT2D eigenvalue weighted by molar-refractivity contribution is -0.118. The average molecular weight is 265 g/mol. The summed E-state index contributed by atoms with van der Waals surface area (Å²) in [5, 5.41) is 6.47. The molecule has 0 aliphatic heterocycles. The lowest BCUT2D eigenvalue weighted by Gasteiger charge is -2.09. The SMILES string of the molecule is CCCNc1cc(NCCCCC(N)=O)nc(C)n1. The molecule has 0 spiro atoms. The van der Waals surface area contributed by atoms with Gasteiger partial charge in [-0.1, -0.05) is 6.92 Å². The van der Waals surface area contributed by atoms with Gasteiger partial charge in [0.15, 0.2) is 0 Å². The first-order chi connectivity index (χ1) is 9.11. The highest BCUT2D eigenvalue weighted by Gasteiger charge is 2.01. The van der Waals surface area contributed by atoms with Crippen LogP contribution in [0.1, 0.15) is 38.4 Å². The lowest BCUT2D eigenvalue weighted by atomic mass is 10.2. The molecular formula is C13H23N5O. The van der Waals surface area contributed by atoms with Crippen molar-refractivity contribution in [2.24, 2.45) is 5.73 Å². The molecule has 6 nitrogen and oxygen atoms in total. The van der Waals surface area contributed by atoms with Crippen molar-refractivity contribution < 1.29 is 4.79 Å². The number of unbranched alkanes of at least 4 members (excludes halogenated alkanes) is 1. The molecule has 1 aromatic rings. The van der Waals surface area contributed by atoms with Crippen molar-refractivity contribution in [3.8, 4) is 0 Å². The Labute approximate surface area is 114 Å². The normalized spacial score (nSPS) is 10.2. The first kappa shape index (κ1) is 15.2. The Kier molecular flexibility index (Phi) is 6.63.